The number of pyridine rings is 1. The van der Waals surface area contributed by atoms with Gasteiger partial charge in [0.1, 0.15) is 5.01 Å². The second-order valence-electron chi connectivity index (χ2n) is 5.25. The van der Waals surface area contributed by atoms with Crippen LogP contribution in [0, 0.1) is 5.92 Å². The monoisotopic (exact) mass is 335 g/mol. The van der Waals surface area contributed by atoms with Crippen molar-refractivity contribution in [1.82, 2.24) is 19.8 Å². The molecule has 3 aromatic heterocycles. The summed E-state index contributed by atoms with van der Waals surface area (Å²) >= 11 is 7.58. The Morgan fingerprint density at radius 2 is 2.23 bits per heavy atom. The van der Waals surface area contributed by atoms with Crippen molar-refractivity contribution in [3.05, 3.63) is 40.1 Å². The van der Waals surface area contributed by atoms with E-state index in [4.69, 9.17) is 11.6 Å². The number of carbonyl (C=O) groups excluding carboxylic acids is 1. The van der Waals surface area contributed by atoms with Gasteiger partial charge in [-0.1, -0.05) is 42.9 Å². The van der Waals surface area contributed by atoms with E-state index >= 15 is 0 Å². The summed E-state index contributed by atoms with van der Waals surface area (Å²) in [4.78, 5) is 12.3. The molecule has 114 valence electrons. The molecule has 0 atom stereocenters. The van der Waals surface area contributed by atoms with Crippen molar-refractivity contribution in [2.45, 2.75) is 20.3 Å². The van der Waals surface area contributed by atoms with Crippen LogP contribution in [0.1, 0.15) is 29.3 Å². The first-order valence-corrected chi connectivity index (χ1v) is 8.00. The Morgan fingerprint density at radius 1 is 1.41 bits per heavy atom. The first kappa shape index (κ1) is 14.9. The van der Waals surface area contributed by atoms with E-state index in [1.54, 1.807) is 16.8 Å². The van der Waals surface area contributed by atoms with Gasteiger partial charge in [0.25, 0.3) is 5.91 Å². The number of amides is 1. The molecule has 3 heterocycles. The maximum absolute atomic E-state index is 12.3. The number of hydrogen-bond donors (Lipinski definition) is 1. The van der Waals surface area contributed by atoms with E-state index in [2.05, 4.69) is 34.5 Å². The average Bonchev–Trinajstić information content (AvgIpc) is 3.04. The summed E-state index contributed by atoms with van der Waals surface area (Å²) in [6.45, 7) is 4.21. The SMILES string of the molecule is CC(C)Cc1nnc(NC(=O)c2nn3ccccc3c2Cl)s1. The zero-order valence-corrected chi connectivity index (χ0v) is 13.6. The van der Waals surface area contributed by atoms with Crippen molar-refractivity contribution in [2.75, 3.05) is 5.32 Å². The first-order chi connectivity index (χ1) is 10.5. The van der Waals surface area contributed by atoms with Crippen molar-refractivity contribution in [2.24, 2.45) is 5.92 Å². The van der Waals surface area contributed by atoms with Gasteiger partial charge in [0.05, 0.1) is 10.5 Å². The van der Waals surface area contributed by atoms with Crippen molar-refractivity contribution in [3.63, 3.8) is 0 Å². The number of nitrogens with one attached hydrogen (secondary N) is 1. The van der Waals surface area contributed by atoms with E-state index in [1.165, 1.54) is 11.3 Å². The molecule has 3 aromatic rings. The number of halogens is 1. The molecule has 1 N–H and O–H groups in total. The van der Waals surface area contributed by atoms with Crippen LogP contribution < -0.4 is 5.32 Å². The number of fused-ring (bicyclic) bond motifs is 1. The Bertz CT molecular complexity index is 826. The zero-order chi connectivity index (χ0) is 15.7. The molecule has 1 amide bonds. The van der Waals surface area contributed by atoms with Crippen LogP contribution in [0.5, 0.6) is 0 Å². The van der Waals surface area contributed by atoms with Crippen LogP contribution in [0.3, 0.4) is 0 Å². The fourth-order valence-corrected chi connectivity index (χ4v) is 3.23. The largest absolute Gasteiger partial charge is 0.295 e. The molecule has 0 aromatic carbocycles. The highest BCUT2D eigenvalue weighted by Crippen LogP contribution is 2.24. The van der Waals surface area contributed by atoms with Crippen LogP contribution in [0.15, 0.2) is 24.4 Å². The van der Waals surface area contributed by atoms with Gasteiger partial charge in [-0.25, -0.2) is 4.52 Å². The van der Waals surface area contributed by atoms with Gasteiger partial charge in [-0.3, -0.25) is 10.1 Å². The lowest BCUT2D eigenvalue weighted by Crippen LogP contribution is -2.13. The number of carbonyl (C=O) groups is 1. The van der Waals surface area contributed by atoms with E-state index in [9.17, 15) is 4.79 Å². The standard InChI is InChI=1S/C14H14ClN5OS/c1-8(2)7-10-17-18-14(22-10)16-13(21)12-11(15)9-5-3-4-6-20(9)19-12/h3-6,8H,7H2,1-2H3,(H,16,18,21). The Balaban J connectivity index is 1.81. The van der Waals surface area contributed by atoms with E-state index in [1.807, 2.05) is 12.1 Å². The van der Waals surface area contributed by atoms with Crippen LogP contribution in [-0.2, 0) is 6.42 Å². The van der Waals surface area contributed by atoms with Gasteiger partial charge in [0.2, 0.25) is 5.13 Å². The summed E-state index contributed by atoms with van der Waals surface area (Å²) in [5, 5.41) is 16.6. The van der Waals surface area contributed by atoms with Gasteiger partial charge in [-0.15, -0.1) is 10.2 Å². The highest BCUT2D eigenvalue weighted by atomic mass is 35.5. The molecular weight excluding hydrogens is 322 g/mol. The fourth-order valence-electron chi connectivity index (χ4n) is 2.01. The van der Waals surface area contributed by atoms with Crippen molar-refractivity contribution < 1.29 is 4.79 Å². The van der Waals surface area contributed by atoms with Crippen LogP contribution >= 0.6 is 22.9 Å². The maximum atomic E-state index is 12.3. The number of anilines is 1. The average molecular weight is 336 g/mol. The Hall–Kier alpha value is -1.99. The second kappa shape index (κ2) is 6.02. The summed E-state index contributed by atoms with van der Waals surface area (Å²) in [7, 11) is 0. The molecule has 0 aliphatic carbocycles. The Kier molecular flexibility index (Phi) is 4.08. The summed E-state index contributed by atoms with van der Waals surface area (Å²) in [6.07, 6.45) is 2.58. The van der Waals surface area contributed by atoms with Crippen LogP contribution in [0.4, 0.5) is 5.13 Å². The topological polar surface area (TPSA) is 72.2 Å². The van der Waals surface area contributed by atoms with Crippen molar-refractivity contribution >= 4 is 39.5 Å². The third kappa shape index (κ3) is 2.95. The third-order valence-corrected chi connectivity index (χ3v) is 4.20. The highest BCUT2D eigenvalue weighted by Gasteiger charge is 2.19. The third-order valence-electron chi connectivity index (χ3n) is 2.97. The molecule has 0 radical (unpaired) electrons. The summed E-state index contributed by atoms with van der Waals surface area (Å²) in [5.74, 6) is 0.102. The summed E-state index contributed by atoms with van der Waals surface area (Å²) < 4.78 is 1.57. The molecule has 0 aliphatic heterocycles. The van der Waals surface area contributed by atoms with Crippen LogP contribution in [-0.4, -0.2) is 25.7 Å². The molecule has 0 bridgehead atoms. The lowest BCUT2D eigenvalue weighted by molar-refractivity contribution is 0.102. The molecule has 6 nitrogen and oxygen atoms in total. The number of nitrogens with zero attached hydrogens (tertiary/aromatic N) is 4. The molecule has 0 fully saturated rings. The highest BCUT2D eigenvalue weighted by molar-refractivity contribution is 7.15. The molecule has 0 unspecified atom stereocenters. The Labute approximate surface area is 136 Å². The molecule has 0 aliphatic rings. The van der Waals surface area contributed by atoms with Crippen molar-refractivity contribution in [3.8, 4) is 0 Å². The Morgan fingerprint density at radius 3 is 2.95 bits per heavy atom. The zero-order valence-electron chi connectivity index (χ0n) is 12.1. The van der Waals surface area contributed by atoms with E-state index < -0.39 is 0 Å². The second-order valence-corrected chi connectivity index (χ2v) is 6.69. The van der Waals surface area contributed by atoms with Gasteiger partial charge in [0, 0.05) is 12.6 Å². The number of hydrogen-bond acceptors (Lipinski definition) is 5. The van der Waals surface area contributed by atoms with Gasteiger partial charge in [-0.05, 0) is 18.1 Å². The quantitative estimate of drug-likeness (QED) is 0.794. The molecule has 0 saturated carbocycles. The minimum atomic E-state index is -0.388. The fraction of sp³-hybridized carbons (Fsp3) is 0.286. The molecule has 0 spiro atoms. The van der Waals surface area contributed by atoms with Gasteiger partial charge in [-0.2, -0.15) is 5.10 Å². The molecule has 22 heavy (non-hydrogen) atoms. The normalized spacial score (nSPS) is 11.3. The van der Waals surface area contributed by atoms with Crippen LogP contribution in [0.25, 0.3) is 5.52 Å². The minimum absolute atomic E-state index is 0.175. The smallest absolute Gasteiger partial charge is 0.279 e. The van der Waals surface area contributed by atoms with Gasteiger partial charge in [0.15, 0.2) is 5.69 Å². The van der Waals surface area contributed by atoms with E-state index in [0.717, 1.165) is 11.4 Å². The molecule has 0 saturated heterocycles. The minimum Gasteiger partial charge on any atom is -0.295 e. The molecular formula is C14H14ClN5OS. The van der Waals surface area contributed by atoms with E-state index in [-0.39, 0.29) is 11.6 Å². The lowest BCUT2D eigenvalue weighted by atomic mass is 10.1. The number of aromatic nitrogens is 4. The lowest BCUT2D eigenvalue weighted by Gasteiger charge is -1.98. The van der Waals surface area contributed by atoms with E-state index in [0.29, 0.717) is 21.6 Å². The predicted octanol–water partition coefficient (Wildman–Crippen LogP) is 3.29. The van der Waals surface area contributed by atoms with Crippen molar-refractivity contribution in [1.29, 1.82) is 0 Å². The first-order valence-electron chi connectivity index (χ1n) is 6.81. The maximum Gasteiger partial charge on any atom is 0.279 e. The molecule has 3 rings (SSSR count). The molecule has 8 heteroatoms. The number of rotatable bonds is 4. The summed E-state index contributed by atoms with van der Waals surface area (Å²) in [6, 6.07) is 5.46. The predicted molar refractivity (Wildman–Crippen MR) is 86.6 cm³/mol. The van der Waals surface area contributed by atoms with Crippen LogP contribution in [0.2, 0.25) is 5.02 Å². The summed E-state index contributed by atoms with van der Waals surface area (Å²) in [5.41, 5.74) is 0.862. The van der Waals surface area contributed by atoms with Gasteiger partial charge >= 0.3 is 0 Å². The van der Waals surface area contributed by atoms with Gasteiger partial charge < -0.3 is 0 Å².